The van der Waals surface area contributed by atoms with Crippen molar-refractivity contribution in [2.75, 3.05) is 24.7 Å². The number of hydrogen-bond acceptors (Lipinski definition) is 7. The van der Waals surface area contributed by atoms with Gasteiger partial charge in [-0.05, 0) is 36.1 Å². The number of carboxylic acid groups (broad SMARTS) is 1. The number of ether oxygens (including phenoxy) is 1. The van der Waals surface area contributed by atoms with Crippen molar-refractivity contribution >= 4 is 34.5 Å². The lowest BCUT2D eigenvalue weighted by Gasteiger charge is -2.11. The van der Waals surface area contributed by atoms with E-state index in [-0.39, 0.29) is 5.56 Å². The molecule has 0 saturated heterocycles. The molecule has 0 atom stereocenters. The van der Waals surface area contributed by atoms with Crippen LogP contribution >= 0.6 is 11.8 Å². The van der Waals surface area contributed by atoms with Crippen molar-refractivity contribution in [2.24, 2.45) is 0 Å². The number of nitrogens with zero attached hydrogens (tertiary/aromatic N) is 4. The van der Waals surface area contributed by atoms with Crippen LogP contribution in [0.4, 0.5) is 5.82 Å². The molecule has 2 aromatic carbocycles. The molecule has 9 heteroatoms. The molecule has 2 heterocycles. The molecule has 0 fully saturated rings. The Morgan fingerprint density at radius 2 is 2.09 bits per heavy atom. The van der Waals surface area contributed by atoms with Crippen molar-refractivity contribution in [1.29, 1.82) is 5.26 Å². The van der Waals surface area contributed by atoms with Gasteiger partial charge in [-0.1, -0.05) is 19.1 Å². The first-order valence-corrected chi connectivity index (χ1v) is 11.7. The van der Waals surface area contributed by atoms with Crippen molar-refractivity contribution in [3.05, 3.63) is 66.1 Å². The van der Waals surface area contributed by atoms with Crippen LogP contribution in [0.5, 0.6) is 5.75 Å². The number of rotatable bonds is 9. The van der Waals surface area contributed by atoms with Gasteiger partial charge in [0.2, 0.25) is 0 Å². The minimum Gasteiger partial charge on any atom is -0.496 e. The zero-order chi connectivity index (χ0) is 24.1. The number of thioether (sulfide) groups is 1. The minimum atomic E-state index is -0.945. The Morgan fingerprint density at radius 3 is 2.82 bits per heavy atom. The average Bonchev–Trinajstić information content (AvgIpc) is 3.22. The second kappa shape index (κ2) is 10.3. The predicted octanol–water partition coefficient (Wildman–Crippen LogP) is 4.90. The van der Waals surface area contributed by atoms with Gasteiger partial charge in [0.25, 0.3) is 0 Å². The van der Waals surface area contributed by atoms with Gasteiger partial charge in [-0.25, -0.2) is 14.8 Å². The summed E-state index contributed by atoms with van der Waals surface area (Å²) in [7, 11) is 1.62. The standard InChI is InChI=1S/C25H23N5O3S/c1-3-34-23-11-16(7-8-18(23)25(31)32)20-13-24(29-15-28-20)27-9-10-30-17(14-26)12-19-21(30)5-4-6-22(19)33-2/h4-8,11-13,15H,3,9-10H2,1-2H3,(H,31,32)(H,27,28,29). The smallest absolute Gasteiger partial charge is 0.336 e. The Hall–Kier alpha value is -4.03. The monoisotopic (exact) mass is 473 g/mol. The molecule has 4 rings (SSSR count). The summed E-state index contributed by atoms with van der Waals surface area (Å²) in [5.41, 5.74) is 3.29. The van der Waals surface area contributed by atoms with Crippen molar-refractivity contribution in [2.45, 2.75) is 18.4 Å². The zero-order valence-corrected chi connectivity index (χ0v) is 19.6. The summed E-state index contributed by atoms with van der Waals surface area (Å²) in [6.45, 7) is 3.09. The number of nitrogens with one attached hydrogen (secondary N) is 1. The highest BCUT2D eigenvalue weighted by Crippen LogP contribution is 2.30. The average molecular weight is 474 g/mol. The van der Waals surface area contributed by atoms with Crippen molar-refractivity contribution in [3.63, 3.8) is 0 Å². The number of aromatic nitrogens is 3. The summed E-state index contributed by atoms with van der Waals surface area (Å²) in [4.78, 5) is 20.9. The van der Waals surface area contributed by atoms with E-state index in [0.717, 1.165) is 28.0 Å². The van der Waals surface area contributed by atoms with Gasteiger partial charge in [-0.15, -0.1) is 11.8 Å². The lowest BCUT2D eigenvalue weighted by molar-refractivity contribution is 0.0693. The molecule has 172 valence electrons. The van der Waals surface area contributed by atoms with Crippen LogP contribution in [0.15, 0.2) is 59.8 Å². The molecular weight excluding hydrogens is 450 g/mol. The lowest BCUT2D eigenvalue weighted by atomic mass is 10.1. The van der Waals surface area contributed by atoms with Gasteiger partial charge in [0.15, 0.2) is 0 Å². The maximum absolute atomic E-state index is 11.5. The van der Waals surface area contributed by atoms with Crippen LogP contribution in [0.25, 0.3) is 22.2 Å². The Kier molecular flexibility index (Phi) is 6.99. The summed E-state index contributed by atoms with van der Waals surface area (Å²) >= 11 is 1.48. The van der Waals surface area contributed by atoms with Gasteiger partial charge in [-0.3, -0.25) is 0 Å². The third kappa shape index (κ3) is 4.67. The number of nitriles is 1. The van der Waals surface area contributed by atoms with E-state index in [1.54, 1.807) is 19.2 Å². The molecule has 34 heavy (non-hydrogen) atoms. The molecular formula is C25H23N5O3S. The van der Waals surface area contributed by atoms with Crippen molar-refractivity contribution < 1.29 is 14.6 Å². The third-order valence-electron chi connectivity index (χ3n) is 5.36. The first-order chi connectivity index (χ1) is 16.5. The molecule has 0 spiro atoms. The maximum atomic E-state index is 11.5. The molecule has 0 bridgehead atoms. The van der Waals surface area contributed by atoms with E-state index in [2.05, 4.69) is 21.4 Å². The van der Waals surface area contributed by atoms with E-state index < -0.39 is 5.97 Å². The molecule has 0 aliphatic heterocycles. The number of aromatic carboxylic acids is 1. The van der Waals surface area contributed by atoms with E-state index in [4.69, 9.17) is 4.74 Å². The van der Waals surface area contributed by atoms with Gasteiger partial charge >= 0.3 is 5.97 Å². The number of fused-ring (bicyclic) bond motifs is 1. The second-order valence-corrected chi connectivity index (χ2v) is 8.66. The zero-order valence-electron chi connectivity index (χ0n) is 18.8. The van der Waals surface area contributed by atoms with E-state index >= 15 is 0 Å². The van der Waals surface area contributed by atoms with Crippen LogP contribution in [0.1, 0.15) is 23.0 Å². The molecule has 2 N–H and O–H groups in total. The van der Waals surface area contributed by atoms with Gasteiger partial charge in [0, 0.05) is 35.0 Å². The molecule has 0 radical (unpaired) electrons. The number of hydrogen-bond donors (Lipinski definition) is 2. The van der Waals surface area contributed by atoms with E-state index in [1.807, 2.05) is 47.9 Å². The topological polar surface area (TPSA) is 113 Å². The second-order valence-electron chi connectivity index (χ2n) is 7.35. The SMILES string of the molecule is CCSc1cc(-c2cc(NCCn3c(C#N)cc4c(OC)cccc43)ncn2)ccc1C(=O)O. The number of carboxylic acids is 1. The normalized spacial score (nSPS) is 10.7. The van der Waals surface area contributed by atoms with Crippen LogP contribution in [0, 0.1) is 11.3 Å². The van der Waals surface area contributed by atoms with Crippen LogP contribution < -0.4 is 10.1 Å². The van der Waals surface area contributed by atoms with E-state index in [9.17, 15) is 15.2 Å². The predicted molar refractivity (Wildman–Crippen MR) is 133 cm³/mol. The number of anilines is 1. The Morgan fingerprint density at radius 1 is 1.24 bits per heavy atom. The molecule has 0 saturated carbocycles. The van der Waals surface area contributed by atoms with Crippen LogP contribution in [-0.2, 0) is 6.54 Å². The molecule has 0 aliphatic carbocycles. The van der Waals surface area contributed by atoms with Gasteiger partial charge < -0.3 is 19.7 Å². The quantitative estimate of drug-likeness (QED) is 0.330. The Balaban J connectivity index is 1.53. The van der Waals surface area contributed by atoms with Crippen molar-refractivity contribution in [1.82, 2.24) is 14.5 Å². The Labute approximate surface area is 201 Å². The summed E-state index contributed by atoms with van der Waals surface area (Å²) in [5, 5.41) is 23.2. The highest BCUT2D eigenvalue weighted by molar-refractivity contribution is 7.99. The summed E-state index contributed by atoms with van der Waals surface area (Å²) in [5.74, 6) is 1.20. The third-order valence-corrected chi connectivity index (χ3v) is 6.29. The van der Waals surface area contributed by atoms with Gasteiger partial charge in [0.05, 0.1) is 23.9 Å². The highest BCUT2D eigenvalue weighted by Gasteiger charge is 2.14. The fourth-order valence-corrected chi connectivity index (χ4v) is 4.64. The fraction of sp³-hybridized carbons (Fsp3) is 0.200. The highest BCUT2D eigenvalue weighted by atomic mass is 32.2. The van der Waals surface area contributed by atoms with Crippen LogP contribution in [-0.4, -0.2) is 45.0 Å². The van der Waals surface area contributed by atoms with Gasteiger partial charge in [0.1, 0.15) is 29.7 Å². The summed E-state index contributed by atoms with van der Waals surface area (Å²) in [6, 6.07) is 16.9. The maximum Gasteiger partial charge on any atom is 0.336 e. The molecule has 0 unspecified atom stereocenters. The largest absolute Gasteiger partial charge is 0.496 e. The number of benzene rings is 2. The van der Waals surface area contributed by atoms with Crippen molar-refractivity contribution in [3.8, 4) is 23.1 Å². The minimum absolute atomic E-state index is 0.284. The van der Waals surface area contributed by atoms with Crippen LogP contribution in [0.3, 0.4) is 0 Å². The van der Waals surface area contributed by atoms with Gasteiger partial charge in [-0.2, -0.15) is 5.26 Å². The molecule has 8 nitrogen and oxygen atoms in total. The molecule has 2 aromatic heterocycles. The first-order valence-electron chi connectivity index (χ1n) is 10.7. The Bertz CT molecular complexity index is 1390. The molecule has 0 amide bonds. The summed E-state index contributed by atoms with van der Waals surface area (Å²) < 4.78 is 7.37. The lowest BCUT2D eigenvalue weighted by Crippen LogP contribution is -2.12. The van der Waals surface area contributed by atoms with E-state index in [0.29, 0.717) is 35.2 Å². The molecule has 0 aliphatic rings. The fourth-order valence-electron chi connectivity index (χ4n) is 3.81. The summed E-state index contributed by atoms with van der Waals surface area (Å²) in [6.07, 6.45) is 1.48. The number of carbonyl (C=O) groups is 1. The first kappa shape index (κ1) is 23.1. The van der Waals surface area contributed by atoms with Crippen LogP contribution in [0.2, 0.25) is 0 Å². The van der Waals surface area contributed by atoms with E-state index in [1.165, 1.54) is 18.1 Å². The molecule has 4 aromatic rings. The number of methoxy groups -OCH3 is 1.